The Hall–Kier alpha value is -1.40. The molecule has 0 aromatic heterocycles. The molecule has 0 aliphatic heterocycles. The number of hydrogen-bond acceptors (Lipinski definition) is 4. The molecule has 1 aromatic carbocycles. The van der Waals surface area contributed by atoms with Crippen molar-refractivity contribution in [2.75, 3.05) is 13.7 Å². The molecule has 1 fully saturated rings. The van der Waals surface area contributed by atoms with Crippen molar-refractivity contribution >= 4 is 15.8 Å². The lowest BCUT2D eigenvalue weighted by atomic mass is 10.1. The van der Waals surface area contributed by atoms with E-state index in [0.717, 1.165) is 0 Å². The highest BCUT2D eigenvalue weighted by Crippen LogP contribution is 2.52. The topological polar surface area (TPSA) is 80.7 Å². The number of carboxylic acid groups (broad SMARTS) is 1. The Morgan fingerprint density at radius 3 is 2.56 bits per heavy atom. The number of carbonyl (C=O) groups is 1. The first-order valence-electron chi connectivity index (χ1n) is 5.46. The van der Waals surface area contributed by atoms with Crippen molar-refractivity contribution in [3.63, 3.8) is 0 Å². The summed E-state index contributed by atoms with van der Waals surface area (Å²) >= 11 is 0. The number of methoxy groups -OCH3 is 1. The van der Waals surface area contributed by atoms with Crippen LogP contribution in [-0.4, -0.2) is 38.5 Å². The molecule has 6 heteroatoms. The molecule has 2 rings (SSSR count). The van der Waals surface area contributed by atoms with Gasteiger partial charge in [0.15, 0.2) is 9.84 Å². The summed E-state index contributed by atoms with van der Waals surface area (Å²) in [6.45, 7) is -0.0843. The summed E-state index contributed by atoms with van der Waals surface area (Å²) < 4.78 is 29.4. The maximum atomic E-state index is 12.3. The van der Waals surface area contributed by atoms with Crippen LogP contribution in [0.5, 0.6) is 0 Å². The van der Waals surface area contributed by atoms with E-state index in [-0.39, 0.29) is 17.9 Å². The Morgan fingerprint density at radius 1 is 1.44 bits per heavy atom. The average molecular weight is 270 g/mol. The molecule has 1 aliphatic carbocycles. The van der Waals surface area contributed by atoms with Gasteiger partial charge < -0.3 is 9.84 Å². The van der Waals surface area contributed by atoms with Crippen LogP contribution in [0.2, 0.25) is 0 Å². The summed E-state index contributed by atoms with van der Waals surface area (Å²) in [6, 6.07) is 7.91. The second kappa shape index (κ2) is 4.37. The second-order valence-corrected chi connectivity index (χ2v) is 6.58. The van der Waals surface area contributed by atoms with Gasteiger partial charge in [0.2, 0.25) is 0 Å². The Kier molecular flexibility index (Phi) is 3.16. The van der Waals surface area contributed by atoms with E-state index in [4.69, 9.17) is 4.74 Å². The molecular formula is C12H14O5S. The fourth-order valence-electron chi connectivity index (χ4n) is 2.15. The fourth-order valence-corrected chi connectivity index (χ4v) is 4.29. The Morgan fingerprint density at radius 2 is 2.06 bits per heavy atom. The van der Waals surface area contributed by atoms with E-state index in [1.165, 1.54) is 19.2 Å². The predicted molar refractivity (Wildman–Crippen MR) is 64.0 cm³/mol. The minimum Gasteiger partial charge on any atom is -0.481 e. The summed E-state index contributed by atoms with van der Waals surface area (Å²) in [7, 11) is -2.23. The highest BCUT2D eigenvalue weighted by Gasteiger charge is 2.66. The Labute approximate surface area is 105 Å². The highest BCUT2D eigenvalue weighted by atomic mass is 32.2. The van der Waals surface area contributed by atoms with E-state index in [0.29, 0.717) is 0 Å². The van der Waals surface area contributed by atoms with Crippen LogP contribution in [-0.2, 0) is 19.4 Å². The first-order valence-corrected chi connectivity index (χ1v) is 7.01. The van der Waals surface area contributed by atoms with Crippen molar-refractivity contribution < 1.29 is 23.1 Å². The fraction of sp³-hybridized carbons (Fsp3) is 0.417. The molecule has 2 unspecified atom stereocenters. The maximum absolute atomic E-state index is 12.3. The second-order valence-electron chi connectivity index (χ2n) is 4.45. The van der Waals surface area contributed by atoms with E-state index in [2.05, 4.69) is 0 Å². The number of hydrogen-bond donors (Lipinski definition) is 1. The molecule has 1 aliphatic rings. The first-order chi connectivity index (χ1) is 8.45. The van der Waals surface area contributed by atoms with Crippen molar-refractivity contribution in [3.8, 4) is 0 Å². The van der Waals surface area contributed by atoms with Crippen molar-refractivity contribution in [3.05, 3.63) is 30.3 Å². The van der Waals surface area contributed by atoms with E-state index >= 15 is 0 Å². The van der Waals surface area contributed by atoms with Crippen molar-refractivity contribution in [1.29, 1.82) is 0 Å². The molecule has 0 saturated heterocycles. The van der Waals surface area contributed by atoms with Crippen LogP contribution in [0.3, 0.4) is 0 Å². The summed E-state index contributed by atoms with van der Waals surface area (Å²) in [5, 5.41) is 8.27. The van der Waals surface area contributed by atoms with Gasteiger partial charge in [-0.05, 0) is 18.6 Å². The number of benzene rings is 1. The highest BCUT2D eigenvalue weighted by molar-refractivity contribution is 7.92. The number of rotatable bonds is 5. The lowest BCUT2D eigenvalue weighted by Gasteiger charge is -2.11. The molecule has 0 heterocycles. The molecule has 18 heavy (non-hydrogen) atoms. The largest absolute Gasteiger partial charge is 0.481 e. The third-order valence-electron chi connectivity index (χ3n) is 3.28. The normalized spacial score (nSPS) is 26.8. The van der Waals surface area contributed by atoms with Crippen LogP contribution >= 0.6 is 0 Å². The van der Waals surface area contributed by atoms with Crippen LogP contribution < -0.4 is 0 Å². The summed E-state index contributed by atoms with van der Waals surface area (Å²) in [5.74, 6) is -1.12. The average Bonchev–Trinajstić information content (AvgIpc) is 3.07. The summed E-state index contributed by atoms with van der Waals surface area (Å²) in [6.07, 6.45) is 0.105. The maximum Gasteiger partial charge on any atom is 0.313 e. The van der Waals surface area contributed by atoms with Crippen LogP contribution in [0.25, 0.3) is 0 Å². The van der Waals surface area contributed by atoms with E-state index in [9.17, 15) is 18.3 Å². The van der Waals surface area contributed by atoms with Gasteiger partial charge in [-0.25, -0.2) is 8.42 Å². The van der Waals surface area contributed by atoms with Gasteiger partial charge in [-0.1, -0.05) is 18.2 Å². The van der Waals surface area contributed by atoms with Gasteiger partial charge in [0.05, 0.1) is 16.8 Å². The summed E-state index contributed by atoms with van der Waals surface area (Å²) in [4.78, 5) is 11.4. The van der Waals surface area contributed by atoms with Crippen molar-refractivity contribution in [2.24, 2.45) is 5.41 Å². The molecule has 0 bridgehead atoms. The van der Waals surface area contributed by atoms with Gasteiger partial charge in [0.25, 0.3) is 0 Å². The van der Waals surface area contributed by atoms with Crippen LogP contribution in [0.1, 0.15) is 6.42 Å². The lowest BCUT2D eigenvalue weighted by Crippen LogP contribution is -2.28. The molecule has 98 valence electrons. The molecule has 5 nitrogen and oxygen atoms in total. The monoisotopic (exact) mass is 270 g/mol. The quantitative estimate of drug-likeness (QED) is 0.861. The molecule has 1 aromatic rings. The van der Waals surface area contributed by atoms with Crippen molar-refractivity contribution in [1.82, 2.24) is 0 Å². The van der Waals surface area contributed by atoms with Crippen LogP contribution in [0.4, 0.5) is 0 Å². The van der Waals surface area contributed by atoms with Gasteiger partial charge in [0.1, 0.15) is 5.41 Å². The zero-order valence-electron chi connectivity index (χ0n) is 9.87. The molecule has 2 atom stereocenters. The van der Waals surface area contributed by atoms with E-state index < -0.39 is 26.5 Å². The third kappa shape index (κ3) is 1.91. The number of sulfone groups is 1. The van der Waals surface area contributed by atoms with Gasteiger partial charge in [-0.15, -0.1) is 0 Å². The zero-order valence-corrected chi connectivity index (χ0v) is 10.7. The van der Waals surface area contributed by atoms with Gasteiger partial charge in [0, 0.05) is 7.11 Å². The Balaban J connectivity index is 2.33. The van der Waals surface area contributed by atoms with E-state index in [1.807, 2.05) is 0 Å². The van der Waals surface area contributed by atoms with Crippen molar-refractivity contribution in [2.45, 2.75) is 16.6 Å². The Bertz CT molecular complexity index is 551. The minimum absolute atomic E-state index is 0.0843. The number of carboxylic acids is 1. The van der Waals surface area contributed by atoms with Gasteiger partial charge in [-0.2, -0.15) is 0 Å². The number of ether oxygens (including phenoxy) is 1. The zero-order chi connectivity index (χ0) is 13.4. The van der Waals surface area contributed by atoms with Gasteiger partial charge >= 0.3 is 5.97 Å². The standard InChI is InChI=1S/C12H14O5S/c1-17-8-12(11(13)14)7-10(12)18(15,16)9-5-3-2-4-6-9/h2-6,10H,7-8H2,1H3,(H,13,14). The smallest absolute Gasteiger partial charge is 0.313 e. The third-order valence-corrected chi connectivity index (χ3v) is 5.58. The molecule has 1 saturated carbocycles. The predicted octanol–water partition coefficient (Wildman–Crippen LogP) is 0.950. The molecule has 0 amide bonds. The first kappa shape index (κ1) is 13.0. The minimum atomic E-state index is -3.60. The van der Waals surface area contributed by atoms with Gasteiger partial charge in [-0.3, -0.25) is 4.79 Å². The summed E-state index contributed by atoms with van der Waals surface area (Å²) in [5.41, 5.74) is -1.29. The SMILES string of the molecule is COCC1(C(=O)O)CC1S(=O)(=O)c1ccccc1. The van der Waals surface area contributed by atoms with Crippen LogP contribution in [0, 0.1) is 5.41 Å². The van der Waals surface area contributed by atoms with Crippen LogP contribution in [0.15, 0.2) is 35.2 Å². The molecule has 0 spiro atoms. The number of aliphatic carboxylic acids is 1. The lowest BCUT2D eigenvalue weighted by molar-refractivity contribution is -0.145. The molecule has 1 N–H and O–H groups in total. The van der Waals surface area contributed by atoms with E-state index in [1.54, 1.807) is 18.2 Å². The molecule has 0 radical (unpaired) electrons. The molecular weight excluding hydrogens is 256 g/mol.